The van der Waals surface area contributed by atoms with Crippen molar-refractivity contribution in [1.29, 1.82) is 0 Å². The second-order valence-corrected chi connectivity index (χ2v) is 7.54. The Morgan fingerprint density at radius 2 is 1.77 bits per heavy atom. The van der Waals surface area contributed by atoms with Gasteiger partial charge in [0, 0.05) is 19.1 Å². The molecular weight excluding hydrogens is 336 g/mol. The first-order valence-corrected chi connectivity index (χ1v) is 9.99. The monoisotopic (exact) mass is 366 g/mol. The van der Waals surface area contributed by atoms with Crippen LogP contribution in [0.25, 0.3) is 0 Å². The fourth-order valence-electron chi connectivity index (χ4n) is 4.32. The van der Waals surface area contributed by atoms with Crippen LogP contribution in [0.5, 0.6) is 0 Å². The van der Waals surface area contributed by atoms with Crippen molar-refractivity contribution in [2.24, 2.45) is 11.8 Å². The van der Waals surface area contributed by atoms with Crippen LogP contribution in [-0.2, 0) is 23.7 Å². The molecule has 0 amide bonds. The lowest BCUT2D eigenvalue weighted by atomic mass is 9.84. The second-order valence-electron chi connectivity index (χ2n) is 7.54. The first-order chi connectivity index (χ1) is 12.8. The summed E-state index contributed by atoms with van der Waals surface area (Å²) in [6.45, 7) is 2.07. The van der Waals surface area contributed by atoms with Gasteiger partial charge in [-0.05, 0) is 56.1 Å². The van der Waals surface area contributed by atoms with Crippen LogP contribution in [0.1, 0.15) is 44.9 Å². The second kappa shape index (κ2) is 8.85. The Labute approximate surface area is 155 Å². The third-order valence-electron chi connectivity index (χ3n) is 5.80. The zero-order valence-electron chi connectivity index (χ0n) is 15.3. The Morgan fingerprint density at radius 1 is 1.00 bits per heavy atom. The number of aliphatic hydroxyl groups excluding tert-OH is 1. The molecule has 0 aromatic carbocycles. The predicted octanol–water partition coefficient (Wildman–Crippen LogP) is 2.87. The topological polar surface area (TPSA) is 66.4 Å². The normalized spacial score (nSPS) is 37.5. The largest absolute Gasteiger partial charge is 0.472 e. The lowest BCUT2D eigenvalue weighted by Crippen LogP contribution is -2.40. The molecule has 4 rings (SSSR count). The summed E-state index contributed by atoms with van der Waals surface area (Å²) in [6, 6.07) is 0. The van der Waals surface area contributed by atoms with E-state index in [0.717, 1.165) is 63.7 Å². The van der Waals surface area contributed by atoms with Crippen molar-refractivity contribution in [2.75, 3.05) is 26.4 Å². The summed E-state index contributed by atoms with van der Waals surface area (Å²) in [5, 5.41) is 9.68. The highest BCUT2D eigenvalue weighted by molar-refractivity contribution is 5.26. The van der Waals surface area contributed by atoms with Crippen LogP contribution in [0.2, 0.25) is 0 Å². The molecule has 0 bridgehead atoms. The number of fused-ring (bicyclic) bond motifs is 1. The zero-order valence-corrected chi connectivity index (χ0v) is 15.3. The molecule has 2 unspecified atom stereocenters. The molecular formula is C20H30O6. The minimum atomic E-state index is -0.386. The van der Waals surface area contributed by atoms with Crippen molar-refractivity contribution < 1.29 is 28.8 Å². The fraction of sp³-hybridized carbons (Fsp3) is 0.800. The Balaban J connectivity index is 1.40. The molecule has 146 valence electrons. The van der Waals surface area contributed by atoms with Crippen LogP contribution in [0.3, 0.4) is 0 Å². The van der Waals surface area contributed by atoms with Crippen molar-refractivity contribution in [3.05, 3.63) is 23.5 Å². The van der Waals surface area contributed by atoms with E-state index < -0.39 is 0 Å². The smallest absolute Gasteiger partial charge is 0.208 e. The first kappa shape index (κ1) is 18.4. The van der Waals surface area contributed by atoms with E-state index in [0.29, 0.717) is 6.61 Å². The Bertz CT molecular complexity index is 518. The quantitative estimate of drug-likeness (QED) is 0.729. The molecule has 0 aromatic heterocycles. The molecule has 4 aliphatic rings. The molecule has 3 heterocycles. The van der Waals surface area contributed by atoms with Gasteiger partial charge in [-0.1, -0.05) is 6.08 Å². The number of hydrogen-bond acceptors (Lipinski definition) is 6. The number of rotatable bonds is 6. The molecule has 6 nitrogen and oxygen atoms in total. The highest BCUT2D eigenvalue weighted by Gasteiger charge is 2.43. The molecule has 0 spiro atoms. The van der Waals surface area contributed by atoms with Gasteiger partial charge in [-0.3, -0.25) is 0 Å². The molecule has 2 fully saturated rings. The number of allylic oxidation sites excluding steroid dienone is 1. The summed E-state index contributed by atoms with van der Waals surface area (Å²) in [7, 11) is 0. The molecule has 1 aliphatic carbocycles. The maximum absolute atomic E-state index is 9.68. The van der Waals surface area contributed by atoms with Gasteiger partial charge in [-0.2, -0.15) is 0 Å². The summed E-state index contributed by atoms with van der Waals surface area (Å²) < 4.78 is 29.5. The Morgan fingerprint density at radius 3 is 2.46 bits per heavy atom. The molecule has 1 N–H and O–H groups in total. The third-order valence-corrected chi connectivity index (χ3v) is 5.80. The van der Waals surface area contributed by atoms with Crippen molar-refractivity contribution >= 4 is 0 Å². The number of hydrogen-bond donors (Lipinski definition) is 1. The molecule has 0 radical (unpaired) electrons. The Kier molecular flexibility index (Phi) is 6.27. The number of aliphatic hydroxyl groups is 1. The summed E-state index contributed by atoms with van der Waals surface area (Å²) in [5.74, 6) is 0.282. The van der Waals surface area contributed by atoms with Crippen LogP contribution >= 0.6 is 0 Å². The Hall–Kier alpha value is -0.920. The van der Waals surface area contributed by atoms with Crippen LogP contribution in [0.4, 0.5) is 0 Å². The highest BCUT2D eigenvalue weighted by Crippen LogP contribution is 2.44. The maximum atomic E-state index is 9.68. The minimum Gasteiger partial charge on any atom is -0.472 e. The van der Waals surface area contributed by atoms with Crippen LogP contribution in [0.15, 0.2) is 23.5 Å². The molecule has 26 heavy (non-hydrogen) atoms. The zero-order chi connectivity index (χ0) is 17.8. The van der Waals surface area contributed by atoms with Gasteiger partial charge in [0.25, 0.3) is 0 Å². The van der Waals surface area contributed by atoms with Crippen LogP contribution in [0, 0.1) is 11.8 Å². The first-order valence-electron chi connectivity index (χ1n) is 9.99. The molecule has 2 saturated heterocycles. The van der Waals surface area contributed by atoms with E-state index in [9.17, 15) is 5.11 Å². The van der Waals surface area contributed by atoms with Gasteiger partial charge in [0.05, 0.1) is 25.4 Å². The van der Waals surface area contributed by atoms with E-state index in [1.807, 2.05) is 0 Å². The molecule has 6 heteroatoms. The molecule has 5 atom stereocenters. The van der Waals surface area contributed by atoms with E-state index in [4.69, 9.17) is 23.7 Å². The van der Waals surface area contributed by atoms with Gasteiger partial charge < -0.3 is 28.8 Å². The SMILES string of the molecule is OCC1=CO[C@@H](OC2CCCCO2)[C@@H]2C(COC3CCCCO3)=CC[C@H]12. The lowest BCUT2D eigenvalue weighted by Gasteiger charge is -2.38. The molecule has 3 aliphatic heterocycles. The fourth-order valence-corrected chi connectivity index (χ4v) is 4.32. The summed E-state index contributed by atoms with van der Waals surface area (Å²) in [6.07, 6.45) is 10.4. The predicted molar refractivity (Wildman–Crippen MR) is 93.9 cm³/mol. The van der Waals surface area contributed by atoms with Crippen molar-refractivity contribution in [2.45, 2.75) is 63.8 Å². The van der Waals surface area contributed by atoms with Gasteiger partial charge in [0.15, 0.2) is 12.6 Å². The van der Waals surface area contributed by atoms with Crippen LogP contribution < -0.4 is 0 Å². The van der Waals surface area contributed by atoms with E-state index in [1.54, 1.807) is 6.26 Å². The van der Waals surface area contributed by atoms with Gasteiger partial charge in [0.2, 0.25) is 6.29 Å². The van der Waals surface area contributed by atoms with Crippen molar-refractivity contribution in [1.82, 2.24) is 0 Å². The van der Waals surface area contributed by atoms with E-state index in [2.05, 4.69) is 6.08 Å². The highest BCUT2D eigenvalue weighted by atomic mass is 16.8. The van der Waals surface area contributed by atoms with E-state index >= 15 is 0 Å². The van der Waals surface area contributed by atoms with Crippen LogP contribution in [-0.4, -0.2) is 50.4 Å². The van der Waals surface area contributed by atoms with Crippen molar-refractivity contribution in [3.63, 3.8) is 0 Å². The average Bonchev–Trinajstić information content (AvgIpc) is 3.13. The molecule has 0 aromatic rings. The minimum absolute atomic E-state index is 0.0154. The summed E-state index contributed by atoms with van der Waals surface area (Å²) >= 11 is 0. The maximum Gasteiger partial charge on any atom is 0.208 e. The van der Waals surface area contributed by atoms with Gasteiger partial charge >= 0.3 is 0 Å². The van der Waals surface area contributed by atoms with Gasteiger partial charge in [0.1, 0.15) is 0 Å². The third kappa shape index (κ3) is 4.15. The molecule has 0 saturated carbocycles. The van der Waals surface area contributed by atoms with Gasteiger partial charge in [-0.15, -0.1) is 0 Å². The van der Waals surface area contributed by atoms with Gasteiger partial charge in [-0.25, -0.2) is 0 Å². The van der Waals surface area contributed by atoms with Crippen molar-refractivity contribution in [3.8, 4) is 0 Å². The average molecular weight is 366 g/mol. The standard InChI is InChI=1S/C20H30O6/c21-11-15-13-25-20(26-18-6-2-4-10-23-18)19-14(7-8-16(15)19)12-24-17-5-1-3-9-22-17/h7,13,16-21H,1-6,8-12H2/t16-,17?,18?,19-,20+/m1/s1. The summed E-state index contributed by atoms with van der Waals surface area (Å²) in [5.41, 5.74) is 2.11. The number of ether oxygens (including phenoxy) is 5. The lowest BCUT2D eigenvalue weighted by molar-refractivity contribution is -0.261. The van der Waals surface area contributed by atoms with E-state index in [-0.39, 0.29) is 37.3 Å². The summed E-state index contributed by atoms with van der Waals surface area (Å²) in [4.78, 5) is 0. The van der Waals surface area contributed by atoms with E-state index in [1.165, 1.54) is 5.57 Å².